The van der Waals surface area contributed by atoms with Gasteiger partial charge in [-0.2, -0.15) is 0 Å². The molecule has 0 N–H and O–H groups in total. The van der Waals surface area contributed by atoms with Gasteiger partial charge < -0.3 is 4.90 Å². The Kier molecular flexibility index (Phi) is 3.37. The fraction of sp³-hybridized carbons (Fsp3) is 0.167. The van der Waals surface area contributed by atoms with Crippen molar-refractivity contribution in [3.8, 4) is 0 Å². The predicted molar refractivity (Wildman–Crippen MR) is 65.6 cm³/mol. The molecule has 0 amide bonds. The van der Waals surface area contributed by atoms with Crippen molar-refractivity contribution < 1.29 is 0 Å². The van der Waals surface area contributed by atoms with Crippen LogP contribution in [-0.4, -0.2) is 17.0 Å². The molecule has 16 heavy (non-hydrogen) atoms. The van der Waals surface area contributed by atoms with Gasteiger partial charge in [-0.3, -0.25) is 4.98 Å². The minimum absolute atomic E-state index is 0.510. The molecule has 0 saturated carbocycles. The Morgan fingerprint density at radius 2 is 2.19 bits per heavy atom. The molecule has 0 bridgehead atoms. The van der Waals surface area contributed by atoms with Crippen LogP contribution in [0.5, 0.6) is 0 Å². The topological polar surface area (TPSA) is 29.0 Å². The normalized spacial score (nSPS) is 10.1. The molecule has 0 aliphatic rings. The Morgan fingerprint density at radius 3 is 2.88 bits per heavy atom. The first-order chi connectivity index (χ1) is 7.75. The van der Waals surface area contributed by atoms with E-state index in [-0.39, 0.29) is 0 Å². The molecule has 0 fully saturated rings. The number of hydrogen-bond donors (Lipinski definition) is 0. The summed E-state index contributed by atoms with van der Waals surface area (Å²) in [6.07, 6.45) is 5.34. The number of nitrogens with zero attached hydrogens (tertiary/aromatic N) is 3. The minimum Gasteiger partial charge on any atom is -0.370 e. The Balaban J connectivity index is 2.12. The molecule has 0 spiro atoms. The van der Waals surface area contributed by atoms with E-state index in [1.54, 1.807) is 12.4 Å². The number of anilines is 1. The molecule has 0 aromatic carbocycles. The van der Waals surface area contributed by atoms with E-state index in [1.807, 2.05) is 37.5 Å². The summed E-state index contributed by atoms with van der Waals surface area (Å²) in [4.78, 5) is 10.1. The monoisotopic (exact) mass is 233 g/mol. The maximum atomic E-state index is 5.84. The summed E-state index contributed by atoms with van der Waals surface area (Å²) in [5.41, 5.74) is 2.21. The van der Waals surface area contributed by atoms with Crippen molar-refractivity contribution in [2.75, 3.05) is 11.9 Å². The van der Waals surface area contributed by atoms with Gasteiger partial charge in [0.1, 0.15) is 5.15 Å². The van der Waals surface area contributed by atoms with Crippen LogP contribution in [0.2, 0.25) is 5.15 Å². The van der Waals surface area contributed by atoms with E-state index < -0.39 is 0 Å². The summed E-state index contributed by atoms with van der Waals surface area (Å²) >= 11 is 5.84. The molecule has 2 aromatic rings. The molecule has 0 atom stereocenters. The standard InChI is InChI=1S/C12H12ClN3/c1-16(9-10-3-2-5-14-8-10)11-4-6-15-12(13)7-11/h2-8H,9H2,1H3. The van der Waals surface area contributed by atoms with E-state index >= 15 is 0 Å². The smallest absolute Gasteiger partial charge is 0.131 e. The molecule has 0 saturated heterocycles. The Hall–Kier alpha value is -1.61. The molecule has 82 valence electrons. The summed E-state index contributed by atoms with van der Waals surface area (Å²) in [5, 5.41) is 0.510. The van der Waals surface area contributed by atoms with Gasteiger partial charge >= 0.3 is 0 Å². The lowest BCUT2D eigenvalue weighted by Crippen LogP contribution is -2.16. The van der Waals surface area contributed by atoms with Crippen LogP contribution < -0.4 is 4.90 Å². The highest BCUT2D eigenvalue weighted by Gasteiger charge is 2.02. The molecule has 2 heterocycles. The van der Waals surface area contributed by atoms with Crippen molar-refractivity contribution in [1.82, 2.24) is 9.97 Å². The minimum atomic E-state index is 0.510. The lowest BCUT2D eigenvalue weighted by molar-refractivity contribution is 0.913. The average Bonchev–Trinajstić information content (AvgIpc) is 2.30. The quantitative estimate of drug-likeness (QED) is 0.764. The van der Waals surface area contributed by atoms with E-state index in [4.69, 9.17) is 11.6 Å². The fourth-order valence-electron chi connectivity index (χ4n) is 1.49. The largest absolute Gasteiger partial charge is 0.370 e. The van der Waals surface area contributed by atoms with E-state index in [2.05, 4.69) is 14.9 Å². The SMILES string of the molecule is CN(Cc1cccnc1)c1ccnc(Cl)c1. The summed E-state index contributed by atoms with van der Waals surface area (Å²) in [5.74, 6) is 0. The lowest BCUT2D eigenvalue weighted by Gasteiger charge is -2.18. The summed E-state index contributed by atoms with van der Waals surface area (Å²) in [6, 6.07) is 7.76. The molecule has 0 radical (unpaired) electrons. The molecule has 2 rings (SSSR count). The molecule has 0 aliphatic carbocycles. The third-order valence-electron chi connectivity index (χ3n) is 2.29. The van der Waals surface area contributed by atoms with Crippen LogP contribution in [0.3, 0.4) is 0 Å². The molecular formula is C12H12ClN3. The van der Waals surface area contributed by atoms with Crippen molar-refractivity contribution in [3.63, 3.8) is 0 Å². The maximum Gasteiger partial charge on any atom is 0.131 e. The maximum absolute atomic E-state index is 5.84. The van der Waals surface area contributed by atoms with Gasteiger partial charge in [0.05, 0.1) is 0 Å². The number of halogens is 1. The van der Waals surface area contributed by atoms with Gasteiger partial charge in [0.2, 0.25) is 0 Å². The molecule has 2 aromatic heterocycles. The van der Waals surface area contributed by atoms with Crippen LogP contribution in [-0.2, 0) is 6.54 Å². The second-order valence-corrected chi connectivity index (χ2v) is 3.94. The molecule has 0 aliphatic heterocycles. The Labute approximate surface area is 99.7 Å². The summed E-state index contributed by atoms with van der Waals surface area (Å²) in [6.45, 7) is 0.800. The van der Waals surface area contributed by atoms with Gasteiger partial charge in [-0.05, 0) is 23.8 Å². The van der Waals surface area contributed by atoms with E-state index in [0.29, 0.717) is 5.15 Å². The average molecular weight is 234 g/mol. The number of hydrogen-bond acceptors (Lipinski definition) is 3. The van der Waals surface area contributed by atoms with Crippen molar-refractivity contribution in [2.24, 2.45) is 0 Å². The second kappa shape index (κ2) is 4.94. The van der Waals surface area contributed by atoms with Gasteiger partial charge in [0, 0.05) is 37.9 Å². The first-order valence-corrected chi connectivity index (χ1v) is 5.35. The number of aromatic nitrogens is 2. The first-order valence-electron chi connectivity index (χ1n) is 4.97. The van der Waals surface area contributed by atoms with E-state index in [9.17, 15) is 0 Å². The summed E-state index contributed by atoms with van der Waals surface area (Å²) < 4.78 is 0. The van der Waals surface area contributed by atoms with Crippen LogP contribution >= 0.6 is 11.6 Å². The van der Waals surface area contributed by atoms with E-state index in [1.165, 1.54) is 0 Å². The van der Waals surface area contributed by atoms with Crippen LogP contribution in [0.4, 0.5) is 5.69 Å². The van der Waals surface area contributed by atoms with Gasteiger partial charge in [-0.15, -0.1) is 0 Å². The number of pyridine rings is 2. The van der Waals surface area contributed by atoms with Gasteiger partial charge in [-0.25, -0.2) is 4.98 Å². The summed E-state index contributed by atoms with van der Waals surface area (Å²) in [7, 11) is 2.01. The van der Waals surface area contributed by atoms with Crippen molar-refractivity contribution >= 4 is 17.3 Å². The first kappa shape index (κ1) is 10.9. The Bertz CT molecular complexity index is 459. The molecular weight excluding hydrogens is 222 g/mol. The van der Waals surface area contributed by atoms with Crippen LogP contribution in [0.15, 0.2) is 42.9 Å². The highest BCUT2D eigenvalue weighted by Crippen LogP contribution is 2.17. The number of rotatable bonds is 3. The molecule has 3 nitrogen and oxygen atoms in total. The van der Waals surface area contributed by atoms with Crippen LogP contribution in [0.1, 0.15) is 5.56 Å². The highest BCUT2D eigenvalue weighted by atomic mass is 35.5. The lowest BCUT2D eigenvalue weighted by atomic mass is 10.2. The van der Waals surface area contributed by atoms with Crippen LogP contribution in [0.25, 0.3) is 0 Å². The van der Waals surface area contributed by atoms with Gasteiger partial charge in [0.25, 0.3) is 0 Å². The second-order valence-electron chi connectivity index (χ2n) is 3.55. The van der Waals surface area contributed by atoms with Crippen molar-refractivity contribution in [2.45, 2.75) is 6.54 Å². The van der Waals surface area contributed by atoms with Crippen LogP contribution in [0, 0.1) is 0 Å². The zero-order valence-corrected chi connectivity index (χ0v) is 9.72. The van der Waals surface area contributed by atoms with Crippen molar-refractivity contribution in [3.05, 3.63) is 53.6 Å². The highest BCUT2D eigenvalue weighted by molar-refractivity contribution is 6.29. The third-order valence-corrected chi connectivity index (χ3v) is 2.50. The molecule has 4 heteroatoms. The van der Waals surface area contributed by atoms with Gasteiger partial charge in [0.15, 0.2) is 0 Å². The predicted octanol–water partition coefficient (Wildman–Crippen LogP) is 2.77. The fourth-order valence-corrected chi connectivity index (χ4v) is 1.65. The zero-order chi connectivity index (χ0) is 11.4. The third kappa shape index (κ3) is 2.70. The Morgan fingerprint density at radius 1 is 1.31 bits per heavy atom. The van der Waals surface area contributed by atoms with Gasteiger partial charge in [-0.1, -0.05) is 17.7 Å². The van der Waals surface area contributed by atoms with Crippen molar-refractivity contribution in [1.29, 1.82) is 0 Å². The zero-order valence-electron chi connectivity index (χ0n) is 8.97. The van der Waals surface area contributed by atoms with E-state index in [0.717, 1.165) is 17.8 Å². The molecule has 0 unspecified atom stereocenters.